The third kappa shape index (κ3) is 2.93. The van der Waals surface area contributed by atoms with Gasteiger partial charge in [-0.3, -0.25) is 0 Å². The summed E-state index contributed by atoms with van der Waals surface area (Å²) in [4.78, 5) is 4.11. The lowest BCUT2D eigenvalue weighted by Gasteiger charge is -2.22. The predicted molar refractivity (Wildman–Crippen MR) is 62.4 cm³/mol. The molecule has 2 rings (SSSR count). The lowest BCUT2D eigenvalue weighted by atomic mass is 9.88. The number of aromatic nitrogens is 1. The minimum absolute atomic E-state index is 0.332. The lowest BCUT2D eigenvalue weighted by Crippen LogP contribution is -2.31. The third-order valence-corrected chi connectivity index (χ3v) is 3.51. The molecule has 6 heteroatoms. The molecule has 0 radical (unpaired) electrons. The number of anilines is 1. The second-order valence-electron chi connectivity index (χ2n) is 3.93. The number of rotatable bonds is 3. The minimum atomic E-state index is -1.46. The fraction of sp³-hybridized carbons (Fsp3) is 0.667. The summed E-state index contributed by atoms with van der Waals surface area (Å²) in [6, 6.07) is 0.508. The van der Waals surface area contributed by atoms with Crippen molar-refractivity contribution in [1.82, 2.24) is 4.98 Å². The van der Waals surface area contributed by atoms with Crippen LogP contribution in [0.1, 0.15) is 32.1 Å². The van der Waals surface area contributed by atoms with Crippen LogP contribution in [0.4, 0.5) is 5.13 Å². The molecule has 1 heterocycles. The average molecular weight is 226 g/mol. The maximum Gasteiger partial charge on any atom is 0.509 e. The van der Waals surface area contributed by atoms with E-state index in [0.717, 1.165) is 5.13 Å². The van der Waals surface area contributed by atoms with Crippen molar-refractivity contribution in [2.45, 2.75) is 38.1 Å². The molecule has 0 aliphatic heterocycles. The van der Waals surface area contributed by atoms with Crippen LogP contribution < -0.4 is 10.9 Å². The van der Waals surface area contributed by atoms with Gasteiger partial charge < -0.3 is 15.4 Å². The van der Waals surface area contributed by atoms with E-state index in [4.69, 9.17) is 10.0 Å². The van der Waals surface area contributed by atoms with E-state index in [9.17, 15) is 0 Å². The molecular formula is C9H15BN2O2S. The Morgan fingerprint density at radius 3 is 2.67 bits per heavy atom. The van der Waals surface area contributed by atoms with E-state index >= 15 is 0 Å². The molecule has 1 fully saturated rings. The Bertz CT molecular complexity index is 313. The fourth-order valence-corrected chi connectivity index (χ4v) is 2.69. The van der Waals surface area contributed by atoms with Crippen LogP contribution in [0, 0.1) is 0 Å². The molecule has 3 N–H and O–H groups in total. The summed E-state index contributed by atoms with van der Waals surface area (Å²) in [6.07, 6.45) is 6.26. The van der Waals surface area contributed by atoms with Gasteiger partial charge >= 0.3 is 7.12 Å². The average Bonchev–Trinajstić information content (AvgIpc) is 2.68. The first-order valence-electron chi connectivity index (χ1n) is 5.34. The molecule has 0 bridgehead atoms. The van der Waals surface area contributed by atoms with Crippen molar-refractivity contribution in [3.8, 4) is 0 Å². The highest BCUT2D eigenvalue weighted by atomic mass is 32.1. The zero-order valence-electron chi connectivity index (χ0n) is 8.52. The van der Waals surface area contributed by atoms with Crippen LogP contribution >= 0.6 is 11.3 Å². The summed E-state index contributed by atoms with van der Waals surface area (Å²) in [6.45, 7) is 0. The van der Waals surface area contributed by atoms with Crippen molar-refractivity contribution in [2.24, 2.45) is 0 Å². The van der Waals surface area contributed by atoms with Gasteiger partial charge in [0.25, 0.3) is 0 Å². The summed E-state index contributed by atoms with van der Waals surface area (Å²) in [5, 5.41) is 23.6. The zero-order chi connectivity index (χ0) is 10.7. The predicted octanol–water partition coefficient (Wildman–Crippen LogP) is 0.567. The molecule has 1 saturated carbocycles. The van der Waals surface area contributed by atoms with Crippen LogP contribution in [-0.4, -0.2) is 28.2 Å². The minimum Gasteiger partial charge on any atom is -0.422 e. The summed E-state index contributed by atoms with van der Waals surface area (Å²) in [5.74, 6) is 0. The molecule has 1 aliphatic rings. The topological polar surface area (TPSA) is 65.4 Å². The monoisotopic (exact) mass is 226 g/mol. The zero-order valence-corrected chi connectivity index (χ0v) is 9.33. The summed E-state index contributed by atoms with van der Waals surface area (Å²) < 4.78 is 0. The molecule has 1 aliphatic carbocycles. The van der Waals surface area contributed by atoms with Crippen LogP contribution in [0.3, 0.4) is 0 Å². The molecule has 1 aromatic rings. The number of nitrogens with zero attached hydrogens (tertiary/aromatic N) is 1. The van der Waals surface area contributed by atoms with Gasteiger partial charge in [-0.25, -0.2) is 4.98 Å². The Balaban J connectivity index is 1.91. The van der Waals surface area contributed by atoms with Crippen molar-refractivity contribution >= 4 is 29.2 Å². The molecule has 0 amide bonds. The maximum atomic E-state index is 8.91. The van der Waals surface area contributed by atoms with Crippen LogP contribution in [0.25, 0.3) is 0 Å². The van der Waals surface area contributed by atoms with E-state index < -0.39 is 7.12 Å². The van der Waals surface area contributed by atoms with Crippen molar-refractivity contribution in [3.63, 3.8) is 0 Å². The molecule has 0 spiro atoms. The largest absolute Gasteiger partial charge is 0.509 e. The first-order valence-corrected chi connectivity index (χ1v) is 6.22. The Labute approximate surface area is 93.5 Å². The van der Waals surface area contributed by atoms with Gasteiger partial charge in [0.15, 0.2) is 5.13 Å². The van der Waals surface area contributed by atoms with E-state index in [1.54, 1.807) is 5.38 Å². The van der Waals surface area contributed by atoms with Crippen molar-refractivity contribution in [1.29, 1.82) is 0 Å². The smallest absolute Gasteiger partial charge is 0.422 e. The Hall–Kier alpha value is -0.585. The van der Waals surface area contributed by atoms with E-state index in [-0.39, 0.29) is 0 Å². The van der Waals surface area contributed by atoms with Gasteiger partial charge in [-0.1, -0.05) is 19.3 Å². The Morgan fingerprint density at radius 2 is 2.07 bits per heavy atom. The quantitative estimate of drug-likeness (QED) is 0.659. The van der Waals surface area contributed by atoms with Crippen LogP contribution in [-0.2, 0) is 0 Å². The van der Waals surface area contributed by atoms with Crippen molar-refractivity contribution in [3.05, 3.63) is 5.38 Å². The highest BCUT2D eigenvalue weighted by Crippen LogP contribution is 2.22. The van der Waals surface area contributed by atoms with E-state index in [2.05, 4.69) is 10.3 Å². The maximum absolute atomic E-state index is 8.91. The second kappa shape index (κ2) is 4.96. The molecule has 4 nitrogen and oxygen atoms in total. The van der Waals surface area contributed by atoms with Gasteiger partial charge in [-0.2, -0.15) is 0 Å². The van der Waals surface area contributed by atoms with Crippen molar-refractivity contribution < 1.29 is 10.0 Å². The van der Waals surface area contributed by atoms with Gasteiger partial charge in [0.1, 0.15) is 0 Å². The molecule has 0 atom stereocenters. The molecule has 1 aromatic heterocycles. The summed E-state index contributed by atoms with van der Waals surface area (Å²) in [7, 11) is -1.46. The third-order valence-electron chi connectivity index (χ3n) is 2.72. The highest BCUT2D eigenvalue weighted by molar-refractivity contribution is 7.14. The Kier molecular flexibility index (Phi) is 3.61. The molecule has 0 aromatic carbocycles. The summed E-state index contributed by atoms with van der Waals surface area (Å²) >= 11 is 1.43. The standard InChI is InChI=1S/C9H15BN2O2S/c13-10(14)8-6-15-9(12-8)11-7-4-2-1-3-5-7/h6-7,13-14H,1-5H2,(H,11,12). The SMILES string of the molecule is OB(O)c1csc(NC2CCCCC2)n1. The second-order valence-corrected chi connectivity index (χ2v) is 4.79. The first kappa shape index (κ1) is 10.9. The van der Waals surface area contributed by atoms with Crippen LogP contribution in [0.2, 0.25) is 0 Å². The first-order chi connectivity index (χ1) is 7.25. The molecular weight excluding hydrogens is 211 g/mol. The van der Waals surface area contributed by atoms with E-state index in [1.165, 1.54) is 43.4 Å². The molecule has 0 saturated heterocycles. The molecule has 15 heavy (non-hydrogen) atoms. The molecule has 0 unspecified atom stereocenters. The normalized spacial score (nSPS) is 17.7. The number of nitrogens with one attached hydrogen (secondary N) is 1. The van der Waals surface area contributed by atoms with Gasteiger partial charge in [-0.05, 0) is 12.8 Å². The number of hydrogen-bond donors (Lipinski definition) is 3. The van der Waals surface area contributed by atoms with Crippen LogP contribution in [0.15, 0.2) is 5.38 Å². The number of thiazole rings is 1. The van der Waals surface area contributed by atoms with Gasteiger partial charge in [0, 0.05) is 11.4 Å². The van der Waals surface area contributed by atoms with Gasteiger partial charge in [-0.15, -0.1) is 11.3 Å². The van der Waals surface area contributed by atoms with Gasteiger partial charge in [0.2, 0.25) is 0 Å². The van der Waals surface area contributed by atoms with Crippen molar-refractivity contribution in [2.75, 3.05) is 5.32 Å². The van der Waals surface area contributed by atoms with Gasteiger partial charge in [0.05, 0.1) is 5.59 Å². The van der Waals surface area contributed by atoms with E-state index in [1.807, 2.05) is 0 Å². The fourth-order valence-electron chi connectivity index (χ4n) is 1.89. The summed E-state index contributed by atoms with van der Waals surface area (Å²) in [5.41, 5.74) is 0.332. The molecule has 82 valence electrons. The van der Waals surface area contributed by atoms with E-state index in [0.29, 0.717) is 11.6 Å². The van der Waals surface area contributed by atoms with Crippen LogP contribution in [0.5, 0.6) is 0 Å². The lowest BCUT2D eigenvalue weighted by molar-refractivity contribution is 0.424. The highest BCUT2D eigenvalue weighted by Gasteiger charge is 2.18. The Morgan fingerprint density at radius 1 is 1.33 bits per heavy atom. The number of hydrogen-bond acceptors (Lipinski definition) is 5.